The number of hydrogen-bond donors (Lipinski definition) is 5. The molecule has 364 valence electrons. The van der Waals surface area contributed by atoms with Crippen LogP contribution in [0.3, 0.4) is 0 Å². The van der Waals surface area contributed by atoms with E-state index < -0.39 is 70.6 Å². The second-order valence-corrected chi connectivity index (χ2v) is 18.1. The summed E-state index contributed by atoms with van der Waals surface area (Å²) in [6, 6.07) is 0. The molecule has 0 aromatic rings. The summed E-state index contributed by atoms with van der Waals surface area (Å²) in [5, 5.41) is 38.3. The van der Waals surface area contributed by atoms with Crippen LogP contribution in [0.5, 0.6) is 0 Å². The van der Waals surface area contributed by atoms with Crippen molar-refractivity contribution in [3.8, 4) is 0 Å². The quantitative estimate of drug-likeness (QED) is 0.0128. The van der Waals surface area contributed by atoms with Crippen LogP contribution in [0.2, 0.25) is 0 Å². The molecular weight excluding hydrogens is 824 g/mol. The van der Waals surface area contributed by atoms with Gasteiger partial charge in [-0.05, 0) is 44.4 Å². The molecule has 0 aromatic heterocycles. The van der Waals surface area contributed by atoms with Crippen molar-refractivity contribution < 1.29 is 58.0 Å². The first-order chi connectivity index (χ1) is 30.4. The number of phosphoric acid groups is 1. The van der Waals surface area contributed by atoms with Gasteiger partial charge in [0.25, 0.3) is 0 Å². The van der Waals surface area contributed by atoms with E-state index in [9.17, 15) is 34.4 Å². The lowest BCUT2D eigenvalue weighted by Crippen LogP contribution is -2.29. The summed E-state index contributed by atoms with van der Waals surface area (Å²) in [6.07, 6.45) is 42.3. The van der Waals surface area contributed by atoms with E-state index in [0.717, 1.165) is 31.6 Å². The summed E-state index contributed by atoms with van der Waals surface area (Å²) in [5.74, 6) is -0.269. The SMILES string of the molecule is CC/C=C\C[C@@H](O)/C=C/C=C\C=C\[C@@H](O)C/C=C\C/C=C\CCC(=O)OC[C@H](COP(=O)(O)OC[C@@H](O)CO)OC(=O)CCCCCCCCCCCCCCCCCCC(C)C. The predicted molar refractivity (Wildman–Crippen MR) is 254 cm³/mol. The van der Waals surface area contributed by atoms with Gasteiger partial charge >= 0.3 is 19.8 Å². The molecule has 12 nitrogen and oxygen atoms in total. The molecule has 0 aliphatic carbocycles. The highest BCUT2D eigenvalue weighted by molar-refractivity contribution is 7.47. The van der Waals surface area contributed by atoms with Crippen molar-refractivity contribution in [2.75, 3.05) is 26.4 Å². The Hall–Kier alpha value is -2.67. The lowest BCUT2D eigenvalue weighted by atomic mass is 10.0. The van der Waals surface area contributed by atoms with Gasteiger partial charge in [0.1, 0.15) is 12.7 Å². The van der Waals surface area contributed by atoms with E-state index in [1.807, 2.05) is 43.4 Å². The fourth-order valence-corrected chi connectivity index (χ4v) is 7.05. The molecule has 63 heavy (non-hydrogen) atoms. The molecular formula is C50H87O12P. The smallest absolute Gasteiger partial charge is 0.462 e. The Morgan fingerprint density at radius 1 is 0.587 bits per heavy atom. The lowest BCUT2D eigenvalue weighted by molar-refractivity contribution is -0.161. The molecule has 0 aliphatic rings. The van der Waals surface area contributed by atoms with Gasteiger partial charge in [-0.2, -0.15) is 0 Å². The van der Waals surface area contributed by atoms with Gasteiger partial charge < -0.3 is 34.8 Å². The molecule has 0 spiro atoms. The second-order valence-electron chi connectivity index (χ2n) is 16.6. The van der Waals surface area contributed by atoms with E-state index in [1.54, 1.807) is 36.5 Å². The average Bonchev–Trinajstić information content (AvgIpc) is 3.25. The van der Waals surface area contributed by atoms with Gasteiger partial charge in [0.2, 0.25) is 0 Å². The predicted octanol–water partition coefficient (Wildman–Crippen LogP) is 11.0. The summed E-state index contributed by atoms with van der Waals surface area (Å²) < 4.78 is 32.7. The molecule has 1 unspecified atom stereocenters. The van der Waals surface area contributed by atoms with Gasteiger partial charge in [-0.1, -0.05) is 196 Å². The first-order valence-corrected chi connectivity index (χ1v) is 25.5. The van der Waals surface area contributed by atoms with Crippen molar-refractivity contribution in [3.63, 3.8) is 0 Å². The number of rotatable bonds is 43. The molecule has 0 bridgehead atoms. The Labute approximate surface area is 381 Å². The summed E-state index contributed by atoms with van der Waals surface area (Å²) in [5.41, 5.74) is 0. The Bertz CT molecular complexity index is 1320. The minimum Gasteiger partial charge on any atom is -0.462 e. The normalized spacial score (nSPS) is 15.4. The highest BCUT2D eigenvalue weighted by Crippen LogP contribution is 2.43. The Morgan fingerprint density at radius 3 is 1.60 bits per heavy atom. The van der Waals surface area contributed by atoms with Crippen LogP contribution in [0, 0.1) is 5.92 Å². The van der Waals surface area contributed by atoms with Crippen molar-refractivity contribution in [2.45, 2.75) is 199 Å². The zero-order valence-electron chi connectivity index (χ0n) is 39.2. The number of esters is 2. The van der Waals surface area contributed by atoms with Crippen LogP contribution in [0.4, 0.5) is 0 Å². The fraction of sp³-hybridized carbons (Fsp3) is 0.720. The third kappa shape index (κ3) is 44.3. The zero-order valence-corrected chi connectivity index (χ0v) is 40.0. The van der Waals surface area contributed by atoms with Crippen molar-refractivity contribution in [2.24, 2.45) is 5.92 Å². The molecule has 13 heteroatoms. The summed E-state index contributed by atoms with van der Waals surface area (Å²) in [4.78, 5) is 35.1. The summed E-state index contributed by atoms with van der Waals surface area (Å²) in [7, 11) is -4.67. The molecule has 0 amide bonds. The largest absolute Gasteiger partial charge is 0.472 e. The molecule has 0 heterocycles. The van der Waals surface area contributed by atoms with Crippen molar-refractivity contribution in [1.29, 1.82) is 0 Å². The molecule has 0 fully saturated rings. The summed E-state index contributed by atoms with van der Waals surface area (Å²) in [6.45, 7) is 4.34. The number of phosphoric ester groups is 1. The van der Waals surface area contributed by atoms with E-state index >= 15 is 0 Å². The maximum atomic E-state index is 12.7. The standard InChI is InChI=1S/C50H87O12P/c1-4-5-26-34-45(52)36-29-24-25-30-37-46(53)35-28-21-18-19-22-31-38-49(55)59-42-48(43-61-63(57,58)60-41-47(54)40-51)62-50(56)39-32-23-17-15-13-11-9-7-6-8-10-12-14-16-20-27-33-44(2)3/h5,19,21-22,24-26,28-30,36-37,44-48,51-54H,4,6-18,20,23,27,31-35,38-43H2,1-3H3,(H,57,58)/b22-19-,25-24-,26-5-,28-21-,36-29+,37-30+/t45-,46+,47+,48-/m1/s1. The van der Waals surface area contributed by atoms with Gasteiger partial charge in [0, 0.05) is 12.8 Å². The van der Waals surface area contributed by atoms with Gasteiger partial charge in [-0.25, -0.2) is 4.57 Å². The molecule has 0 aromatic carbocycles. The van der Waals surface area contributed by atoms with E-state index in [0.29, 0.717) is 32.1 Å². The molecule has 5 N–H and O–H groups in total. The Kier molecular flexibility index (Phi) is 41.4. The average molecular weight is 911 g/mol. The third-order valence-electron chi connectivity index (χ3n) is 9.98. The Morgan fingerprint density at radius 2 is 1.08 bits per heavy atom. The van der Waals surface area contributed by atoms with Crippen LogP contribution in [-0.4, -0.2) is 88.1 Å². The van der Waals surface area contributed by atoms with Gasteiger partial charge in [0.15, 0.2) is 6.10 Å². The van der Waals surface area contributed by atoms with Crippen LogP contribution in [-0.2, 0) is 32.7 Å². The molecule has 0 aliphatic heterocycles. The molecule has 0 radical (unpaired) electrons. The second kappa shape index (κ2) is 43.2. The van der Waals surface area contributed by atoms with E-state index in [2.05, 4.69) is 18.4 Å². The maximum absolute atomic E-state index is 12.7. The summed E-state index contributed by atoms with van der Waals surface area (Å²) >= 11 is 0. The molecule has 0 saturated heterocycles. The van der Waals surface area contributed by atoms with E-state index in [4.69, 9.17) is 19.1 Å². The number of carbonyl (C=O) groups excluding carboxylic acids is 2. The Balaban J connectivity index is 4.44. The minimum absolute atomic E-state index is 0.0579. The van der Waals surface area contributed by atoms with Crippen LogP contribution in [0.25, 0.3) is 0 Å². The van der Waals surface area contributed by atoms with Crippen LogP contribution in [0.1, 0.15) is 175 Å². The number of carbonyl (C=O) groups is 2. The monoisotopic (exact) mass is 911 g/mol. The zero-order chi connectivity index (χ0) is 46.7. The van der Waals surface area contributed by atoms with E-state index in [1.165, 1.54) is 83.5 Å². The van der Waals surface area contributed by atoms with Gasteiger partial charge in [-0.3, -0.25) is 18.6 Å². The molecule has 0 rings (SSSR count). The van der Waals surface area contributed by atoms with E-state index in [-0.39, 0.29) is 12.8 Å². The van der Waals surface area contributed by atoms with Crippen LogP contribution in [0.15, 0.2) is 72.9 Å². The van der Waals surface area contributed by atoms with Crippen LogP contribution < -0.4 is 0 Å². The number of allylic oxidation sites excluding steroid dienone is 8. The van der Waals surface area contributed by atoms with Gasteiger partial charge in [-0.15, -0.1) is 0 Å². The highest BCUT2D eigenvalue weighted by Gasteiger charge is 2.27. The number of hydrogen-bond acceptors (Lipinski definition) is 11. The number of unbranched alkanes of at least 4 members (excludes halogenated alkanes) is 15. The fourth-order valence-electron chi connectivity index (χ4n) is 6.26. The van der Waals surface area contributed by atoms with Crippen LogP contribution >= 0.6 is 7.82 Å². The highest BCUT2D eigenvalue weighted by atomic mass is 31.2. The van der Waals surface area contributed by atoms with Crippen molar-refractivity contribution >= 4 is 19.8 Å². The number of ether oxygens (including phenoxy) is 2. The van der Waals surface area contributed by atoms with Crippen molar-refractivity contribution in [1.82, 2.24) is 0 Å². The lowest BCUT2D eigenvalue weighted by Gasteiger charge is -2.20. The minimum atomic E-state index is -4.67. The third-order valence-corrected chi connectivity index (χ3v) is 10.9. The van der Waals surface area contributed by atoms with Gasteiger partial charge in [0.05, 0.1) is 32.0 Å². The number of aliphatic hydroxyl groups is 4. The first-order valence-electron chi connectivity index (χ1n) is 24.0. The topological polar surface area (TPSA) is 189 Å². The molecule has 5 atom stereocenters. The molecule has 0 saturated carbocycles. The number of aliphatic hydroxyl groups excluding tert-OH is 4. The van der Waals surface area contributed by atoms with Crippen molar-refractivity contribution in [3.05, 3.63) is 72.9 Å². The maximum Gasteiger partial charge on any atom is 0.472 e. The first kappa shape index (κ1) is 60.3.